The highest BCUT2D eigenvalue weighted by molar-refractivity contribution is 7.69. The van der Waals surface area contributed by atoms with E-state index in [4.69, 9.17) is 0 Å². The first-order valence-corrected chi connectivity index (χ1v) is 13.6. The molecule has 0 saturated carbocycles. The molecule has 3 aromatic rings. The van der Waals surface area contributed by atoms with Crippen molar-refractivity contribution in [3.05, 3.63) is 58.8 Å². The topological polar surface area (TPSA) is 107 Å². The fraction of sp³-hybridized carbons (Fsp3) is 0.333. The molecule has 1 atom stereocenters. The van der Waals surface area contributed by atoms with Crippen molar-refractivity contribution in [1.82, 2.24) is 19.9 Å². The predicted molar refractivity (Wildman–Crippen MR) is 130 cm³/mol. The average Bonchev–Trinajstić information content (AvgIpc) is 3.17. The van der Waals surface area contributed by atoms with Gasteiger partial charge in [-0.1, -0.05) is 6.07 Å². The summed E-state index contributed by atoms with van der Waals surface area (Å²) in [5, 5.41) is 15.9. The van der Waals surface area contributed by atoms with E-state index < -0.39 is 7.14 Å². The number of hydrogen-bond acceptors (Lipinski definition) is 8. The molecule has 1 aliphatic carbocycles. The van der Waals surface area contributed by atoms with Crippen LogP contribution in [0.15, 0.2) is 36.5 Å². The molecule has 0 radical (unpaired) electrons. The molecule has 0 amide bonds. The summed E-state index contributed by atoms with van der Waals surface area (Å²) in [5.74, 6) is 1.86. The van der Waals surface area contributed by atoms with Gasteiger partial charge in [0, 0.05) is 18.8 Å². The zero-order valence-electron chi connectivity index (χ0n) is 19.0. The third kappa shape index (κ3) is 4.35. The molecule has 33 heavy (non-hydrogen) atoms. The first kappa shape index (κ1) is 21.6. The van der Waals surface area contributed by atoms with E-state index in [0.29, 0.717) is 34.5 Å². The monoisotopic (exact) mass is 459 g/mol. The zero-order valence-corrected chi connectivity index (χ0v) is 19.9. The zero-order chi connectivity index (χ0) is 23.2. The molecule has 0 unspecified atom stereocenters. The third-order valence-electron chi connectivity index (χ3n) is 6.19. The van der Waals surface area contributed by atoms with Crippen molar-refractivity contribution >= 4 is 35.8 Å². The number of nitrogens with one attached hydrogen (secondary N) is 2. The number of rotatable bonds is 5. The molecule has 0 fully saturated rings. The van der Waals surface area contributed by atoms with Gasteiger partial charge in [0.05, 0.1) is 6.20 Å². The van der Waals surface area contributed by atoms with Crippen LogP contribution in [-0.2, 0) is 17.5 Å². The molecule has 0 spiro atoms. The Hall–Kier alpha value is -3.27. The van der Waals surface area contributed by atoms with E-state index >= 15 is 0 Å². The lowest BCUT2D eigenvalue weighted by Gasteiger charge is -2.30. The Morgan fingerprint density at radius 2 is 2.00 bits per heavy atom. The largest absolute Gasteiger partial charge is 0.324 e. The SMILES string of the molecule is CN1Cc2cc(Nc3ncc(C#N)c(Nc4cccc(P(C)(C)=O)n4)n3)cc3c2[C@H](CC3)C1. The van der Waals surface area contributed by atoms with Crippen LogP contribution in [0.2, 0.25) is 0 Å². The lowest BCUT2D eigenvalue weighted by atomic mass is 9.91. The molecule has 0 saturated heterocycles. The van der Waals surface area contributed by atoms with Gasteiger partial charge in [-0.15, -0.1) is 0 Å². The summed E-state index contributed by atoms with van der Waals surface area (Å²) in [4.78, 5) is 15.7. The van der Waals surface area contributed by atoms with Crippen molar-refractivity contribution in [3.63, 3.8) is 0 Å². The molecule has 5 rings (SSSR count). The van der Waals surface area contributed by atoms with E-state index in [0.717, 1.165) is 25.2 Å². The molecule has 2 aromatic heterocycles. The Morgan fingerprint density at radius 1 is 1.18 bits per heavy atom. The summed E-state index contributed by atoms with van der Waals surface area (Å²) in [6.45, 7) is 5.42. The predicted octanol–water partition coefficient (Wildman–Crippen LogP) is 3.95. The Balaban J connectivity index is 1.44. The van der Waals surface area contributed by atoms with Crippen LogP contribution in [0, 0.1) is 11.3 Å². The van der Waals surface area contributed by atoms with Crippen LogP contribution in [0.1, 0.15) is 34.6 Å². The fourth-order valence-corrected chi connectivity index (χ4v) is 5.56. The highest BCUT2D eigenvalue weighted by Crippen LogP contribution is 2.41. The number of aryl methyl sites for hydroxylation is 1. The standard InChI is InChI=1S/C24H26N7OP/c1-31-13-16-8-7-15-9-19(10-17(14-31)22(15)16)27-24-26-12-18(11-25)23(30-24)29-20-5-4-6-21(28-20)33(2,3)32/h4-6,9-10,12,16H,7-8,13-14H2,1-3H3,(H2,26,27,28,29,30)/t16-/m1/s1. The highest BCUT2D eigenvalue weighted by Gasteiger charge is 2.31. The first-order chi connectivity index (χ1) is 15.8. The Morgan fingerprint density at radius 3 is 2.79 bits per heavy atom. The van der Waals surface area contributed by atoms with Gasteiger partial charge >= 0.3 is 0 Å². The summed E-state index contributed by atoms with van der Waals surface area (Å²) in [7, 11) is -0.339. The summed E-state index contributed by atoms with van der Waals surface area (Å²) in [6, 6.07) is 11.8. The average molecular weight is 459 g/mol. The second-order valence-electron chi connectivity index (χ2n) is 9.19. The molecule has 1 aromatic carbocycles. The number of pyridine rings is 1. The maximum absolute atomic E-state index is 12.4. The van der Waals surface area contributed by atoms with Crippen molar-refractivity contribution in [2.45, 2.75) is 25.3 Å². The van der Waals surface area contributed by atoms with E-state index in [1.54, 1.807) is 31.5 Å². The van der Waals surface area contributed by atoms with Gasteiger partial charge in [-0.25, -0.2) is 9.97 Å². The van der Waals surface area contributed by atoms with Crippen LogP contribution in [0.5, 0.6) is 0 Å². The van der Waals surface area contributed by atoms with Crippen LogP contribution in [0.3, 0.4) is 0 Å². The second-order valence-corrected chi connectivity index (χ2v) is 12.4. The summed E-state index contributed by atoms with van der Waals surface area (Å²) >= 11 is 0. The van der Waals surface area contributed by atoms with Crippen LogP contribution < -0.4 is 16.1 Å². The Labute approximate surface area is 193 Å². The van der Waals surface area contributed by atoms with Gasteiger partial charge in [0.25, 0.3) is 0 Å². The van der Waals surface area contributed by atoms with Gasteiger partial charge in [-0.3, -0.25) is 0 Å². The van der Waals surface area contributed by atoms with E-state index in [1.807, 2.05) is 0 Å². The van der Waals surface area contributed by atoms with Crippen molar-refractivity contribution in [2.24, 2.45) is 0 Å². The number of hydrogen-bond donors (Lipinski definition) is 2. The number of nitriles is 1. The van der Waals surface area contributed by atoms with Crippen molar-refractivity contribution < 1.29 is 4.57 Å². The van der Waals surface area contributed by atoms with Gasteiger partial charge in [-0.05, 0) is 80.1 Å². The summed E-state index contributed by atoms with van der Waals surface area (Å²) < 4.78 is 12.4. The van der Waals surface area contributed by atoms with Gasteiger partial charge < -0.3 is 20.1 Å². The van der Waals surface area contributed by atoms with Gasteiger partial charge in [0.2, 0.25) is 5.95 Å². The highest BCUT2D eigenvalue weighted by atomic mass is 31.2. The first-order valence-electron chi connectivity index (χ1n) is 11.0. The summed E-state index contributed by atoms with van der Waals surface area (Å²) in [6.07, 6.45) is 3.79. The molecular formula is C24H26N7OP. The lowest BCUT2D eigenvalue weighted by Crippen LogP contribution is -2.29. The second kappa shape index (κ2) is 8.26. The molecule has 3 heterocycles. The van der Waals surface area contributed by atoms with Crippen LogP contribution in [-0.4, -0.2) is 46.8 Å². The number of likely N-dealkylation sites (N-methyl/N-ethyl adjacent to an activating group) is 1. The molecule has 0 bridgehead atoms. The summed E-state index contributed by atoms with van der Waals surface area (Å²) in [5.41, 5.74) is 6.07. The Bertz CT molecular complexity index is 1330. The van der Waals surface area contributed by atoms with Gasteiger partial charge in [-0.2, -0.15) is 10.2 Å². The van der Waals surface area contributed by atoms with Crippen LogP contribution >= 0.6 is 7.14 Å². The van der Waals surface area contributed by atoms with E-state index in [9.17, 15) is 9.83 Å². The van der Waals surface area contributed by atoms with Crippen molar-refractivity contribution in [2.75, 3.05) is 37.6 Å². The maximum Gasteiger partial charge on any atom is 0.229 e. The van der Waals surface area contributed by atoms with Gasteiger partial charge in [0.15, 0.2) is 5.82 Å². The molecule has 2 N–H and O–H groups in total. The molecule has 2 aliphatic rings. The molecule has 168 valence electrons. The minimum atomic E-state index is -2.51. The quantitative estimate of drug-likeness (QED) is 0.553. The van der Waals surface area contributed by atoms with E-state index in [2.05, 4.69) is 55.7 Å². The number of nitrogens with zero attached hydrogens (tertiary/aromatic N) is 5. The Kier molecular flexibility index (Phi) is 5.40. The normalized spacial score (nSPS) is 17.3. The number of benzene rings is 1. The van der Waals surface area contributed by atoms with Crippen LogP contribution in [0.25, 0.3) is 0 Å². The van der Waals surface area contributed by atoms with Crippen LogP contribution in [0.4, 0.5) is 23.3 Å². The molecular weight excluding hydrogens is 433 g/mol. The molecule has 8 nitrogen and oxygen atoms in total. The maximum atomic E-state index is 12.4. The molecule has 9 heteroatoms. The van der Waals surface area contributed by atoms with Gasteiger partial charge in [0.1, 0.15) is 30.0 Å². The minimum Gasteiger partial charge on any atom is -0.324 e. The smallest absolute Gasteiger partial charge is 0.229 e. The third-order valence-corrected chi connectivity index (χ3v) is 7.54. The van der Waals surface area contributed by atoms with E-state index in [-0.39, 0.29) is 0 Å². The minimum absolute atomic E-state index is 0.303. The number of aromatic nitrogens is 3. The fourth-order valence-electron chi connectivity index (χ4n) is 4.76. The number of anilines is 4. The molecule has 1 aliphatic heterocycles. The van der Waals surface area contributed by atoms with Crippen molar-refractivity contribution in [3.8, 4) is 6.07 Å². The van der Waals surface area contributed by atoms with E-state index in [1.165, 1.54) is 29.3 Å². The lowest BCUT2D eigenvalue weighted by molar-refractivity contribution is 0.282. The van der Waals surface area contributed by atoms with Crippen molar-refractivity contribution in [1.29, 1.82) is 5.26 Å².